The van der Waals surface area contributed by atoms with Gasteiger partial charge in [-0.1, -0.05) is 5.16 Å². The van der Waals surface area contributed by atoms with Crippen LogP contribution in [0.5, 0.6) is 0 Å². The second-order valence-electron chi connectivity index (χ2n) is 5.97. The van der Waals surface area contributed by atoms with Crippen molar-refractivity contribution in [2.24, 2.45) is 0 Å². The molecule has 23 heavy (non-hydrogen) atoms. The number of nitriles is 1. The monoisotopic (exact) mass is 309 g/mol. The highest BCUT2D eigenvalue weighted by Crippen LogP contribution is 2.40. The average molecular weight is 309 g/mol. The first-order chi connectivity index (χ1) is 11.3. The smallest absolute Gasteiger partial charge is 0.273 e. The van der Waals surface area contributed by atoms with Crippen molar-refractivity contribution in [3.8, 4) is 6.07 Å². The van der Waals surface area contributed by atoms with Gasteiger partial charge in [0.15, 0.2) is 5.82 Å². The van der Waals surface area contributed by atoms with E-state index in [0.29, 0.717) is 35.4 Å². The quantitative estimate of drug-likeness (QED) is 0.862. The van der Waals surface area contributed by atoms with Crippen LogP contribution < -0.4 is 0 Å². The van der Waals surface area contributed by atoms with E-state index in [0.717, 1.165) is 25.7 Å². The van der Waals surface area contributed by atoms with Crippen molar-refractivity contribution >= 4 is 5.91 Å². The summed E-state index contributed by atoms with van der Waals surface area (Å²) in [5, 5.41) is 12.9. The maximum Gasteiger partial charge on any atom is 0.273 e. The summed E-state index contributed by atoms with van der Waals surface area (Å²) in [7, 11) is 0. The van der Waals surface area contributed by atoms with Crippen LogP contribution in [-0.4, -0.2) is 32.5 Å². The Morgan fingerprint density at radius 1 is 1.35 bits per heavy atom. The fraction of sp³-hybridized carbons (Fsp3) is 0.438. The molecule has 2 aromatic heterocycles. The number of amides is 1. The largest absolute Gasteiger partial charge is 0.339 e. The van der Waals surface area contributed by atoms with Crippen LogP contribution in [0.2, 0.25) is 0 Å². The number of hydrogen-bond donors (Lipinski definition) is 0. The molecule has 7 nitrogen and oxygen atoms in total. The van der Waals surface area contributed by atoms with Gasteiger partial charge in [-0.3, -0.25) is 4.79 Å². The van der Waals surface area contributed by atoms with Gasteiger partial charge >= 0.3 is 0 Å². The van der Waals surface area contributed by atoms with Gasteiger partial charge in [-0.2, -0.15) is 10.2 Å². The SMILES string of the molecule is N#Cc1ccc(C(=O)N2CCC[C@H]2c2noc(C3CC3)n2)nc1. The third kappa shape index (κ3) is 2.57. The molecule has 0 unspecified atom stereocenters. The maximum absolute atomic E-state index is 12.7. The summed E-state index contributed by atoms with van der Waals surface area (Å²) in [6.45, 7) is 0.651. The zero-order chi connectivity index (χ0) is 15.8. The highest BCUT2D eigenvalue weighted by molar-refractivity contribution is 5.92. The normalized spacial score (nSPS) is 20.5. The Bertz CT molecular complexity index is 773. The summed E-state index contributed by atoms with van der Waals surface area (Å²) in [4.78, 5) is 23.0. The fourth-order valence-electron chi connectivity index (χ4n) is 2.89. The zero-order valence-corrected chi connectivity index (χ0v) is 12.5. The Kier molecular flexibility index (Phi) is 3.30. The van der Waals surface area contributed by atoms with Gasteiger partial charge in [-0.25, -0.2) is 4.98 Å². The number of rotatable bonds is 3. The van der Waals surface area contributed by atoms with Gasteiger partial charge in [0.25, 0.3) is 5.91 Å². The van der Waals surface area contributed by atoms with Crippen LogP contribution in [-0.2, 0) is 0 Å². The molecule has 0 N–H and O–H groups in total. The Labute approximate surface area is 132 Å². The minimum atomic E-state index is -0.158. The number of hydrogen-bond acceptors (Lipinski definition) is 6. The molecule has 1 amide bonds. The summed E-state index contributed by atoms with van der Waals surface area (Å²) in [6, 6.07) is 5.03. The van der Waals surface area contributed by atoms with E-state index in [1.807, 2.05) is 6.07 Å². The van der Waals surface area contributed by atoms with Crippen LogP contribution >= 0.6 is 0 Å². The third-order valence-corrected chi connectivity index (χ3v) is 4.31. The lowest BCUT2D eigenvalue weighted by molar-refractivity contribution is 0.0722. The number of carbonyl (C=O) groups excluding carboxylic acids is 1. The topological polar surface area (TPSA) is 95.9 Å². The molecule has 1 aliphatic heterocycles. The lowest BCUT2D eigenvalue weighted by Crippen LogP contribution is -2.31. The second kappa shape index (κ2) is 5.47. The molecule has 0 spiro atoms. The first kappa shape index (κ1) is 13.9. The van der Waals surface area contributed by atoms with E-state index in [1.54, 1.807) is 17.0 Å². The molecular weight excluding hydrogens is 294 g/mol. The third-order valence-electron chi connectivity index (χ3n) is 4.31. The van der Waals surface area contributed by atoms with Gasteiger partial charge in [0.05, 0.1) is 11.6 Å². The molecule has 2 aliphatic rings. The van der Waals surface area contributed by atoms with Crippen molar-refractivity contribution in [3.05, 3.63) is 41.3 Å². The Morgan fingerprint density at radius 3 is 2.91 bits per heavy atom. The number of carbonyl (C=O) groups is 1. The van der Waals surface area contributed by atoms with E-state index in [1.165, 1.54) is 6.20 Å². The van der Waals surface area contributed by atoms with Crippen molar-refractivity contribution < 1.29 is 9.32 Å². The first-order valence-corrected chi connectivity index (χ1v) is 7.77. The molecule has 0 bridgehead atoms. The van der Waals surface area contributed by atoms with Crippen LogP contribution in [0.25, 0.3) is 0 Å². The molecule has 1 saturated carbocycles. The van der Waals surface area contributed by atoms with Gasteiger partial charge in [0, 0.05) is 18.7 Å². The lowest BCUT2D eigenvalue weighted by atomic mass is 10.2. The number of nitrogens with zero attached hydrogens (tertiary/aromatic N) is 5. The van der Waals surface area contributed by atoms with Gasteiger partial charge in [0.2, 0.25) is 5.89 Å². The average Bonchev–Trinajstić information content (AvgIpc) is 3.13. The first-order valence-electron chi connectivity index (χ1n) is 7.77. The number of likely N-dealkylation sites (tertiary alicyclic amines) is 1. The minimum absolute atomic E-state index is 0.156. The van der Waals surface area contributed by atoms with Crippen molar-refractivity contribution in [1.82, 2.24) is 20.0 Å². The Morgan fingerprint density at radius 2 is 2.22 bits per heavy atom. The molecule has 2 fully saturated rings. The Balaban J connectivity index is 1.56. The lowest BCUT2D eigenvalue weighted by Gasteiger charge is -2.21. The van der Waals surface area contributed by atoms with E-state index in [9.17, 15) is 4.79 Å². The fourth-order valence-corrected chi connectivity index (χ4v) is 2.89. The highest BCUT2D eigenvalue weighted by Gasteiger charge is 2.36. The summed E-state index contributed by atoms with van der Waals surface area (Å²) in [6.07, 6.45) is 5.34. The van der Waals surface area contributed by atoms with Crippen LogP contribution in [0.3, 0.4) is 0 Å². The van der Waals surface area contributed by atoms with E-state index < -0.39 is 0 Å². The molecule has 116 valence electrons. The van der Waals surface area contributed by atoms with E-state index >= 15 is 0 Å². The molecule has 4 rings (SSSR count). The van der Waals surface area contributed by atoms with Crippen LogP contribution in [0.15, 0.2) is 22.9 Å². The number of aromatic nitrogens is 3. The molecule has 1 saturated heterocycles. The summed E-state index contributed by atoms with van der Waals surface area (Å²) < 4.78 is 5.31. The molecule has 3 heterocycles. The van der Waals surface area contributed by atoms with E-state index in [-0.39, 0.29) is 11.9 Å². The molecule has 7 heteroatoms. The zero-order valence-electron chi connectivity index (χ0n) is 12.5. The Hall–Kier alpha value is -2.75. The summed E-state index contributed by atoms with van der Waals surface area (Å²) in [5.74, 6) is 1.53. The predicted octanol–water partition coefficient (Wildman–Crippen LogP) is 2.19. The van der Waals surface area contributed by atoms with E-state index in [4.69, 9.17) is 9.78 Å². The number of pyridine rings is 1. The molecule has 0 radical (unpaired) electrons. The molecule has 1 atom stereocenters. The van der Waals surface area contributed by atoms with Crippen molar-refractivity contribution in [3.63, 3.8) is 0 Å². The summed E-state index contributed by atoms with van der Waals surface area (Å²) >= 11 is 0. The predicted molar refractivity (Wildman–Crippen MR) is 78.2 cm³/mol. The molecular formula is C16H15N5O2. The molecule has 1 aliphatic carbocycles. The van der Waals surface area contributed by atoms with Gasteiger partial charge in [-0.05, 0) is 37.8 Å². The molecule has 2 aromatic rings. The van der Waals surface area contributed by atoms with Crippen molar-refractivity contribution in [2.75, 3.05) is 6.54 Å². The van der Waals surface area contributed by atoms with Crippen molar-refractivity contribution in [2.45, 2.75) is 37.6 Å². The van der Waals surface area contributed by atoms with Gasteiger partial charge < -0.3 is 9.42 Å². The second-order valence-corrected chi connectivity index (χ2v) is 5.97. The van der Waals surface area contributed by atoms with Crippen LogP contribution in [0, 0.1) is 11.3 Å². The summed E-state index contributed by atoms with van der Waals surface area (Å²) in [5.41, 5.74) is 0.772. The minimum Gasteiger partial charge on any atom is -0.339 e. The van der Waals surface area contributed by atoms with Gasteiger partial charge in [-0.15, -0.1) is 0 Å². The standard InChI is InChI=1S/C16H15N5O2/c17-8-10-3-6-12(18-9-10)16(22)21-7-1-2-13(21)14-19-15(23-20-14)11-4-5-11/h3,6,9,11,13H,1-2,4-5,7H2/t13-/m0/s1. The van der Waals surface area contributed by atoms with Gasteiger partial charge in [0.1, 0.15) is 11.8 Å². The van der Waals surface area contributed by atoms with Crippen molar-refractivity contribution in [1.29, 1.82) is 5.26 Å². The maximum atomic E-state index is 12.7. The molecule has 0 aromatic carbocycles. The van der Waals surface area contributed by atoms with Crippen LogP contribution in [0.1, 0.15) is 65.4 Å². The van der Waals surface area contributed by atoms with E-state index in [2.05, 4.69) is 15.1 Å². The van der Waals surface area contributed by atoms with Crippen LogP contribution in [0.4, 0.5) is 0 Å². The highest BCUT2D eigenvalue weighted by atomic mass is 16.5.